The lowest BCUT2D eigenvalue weighted by Crippen LogP contribution is -1.91. The van der Waals surface area contributed by atoms with Crippen LogP contribution >= 0.6 is 7.37 Å². The van der Waals surface area contributed by atoms with Gasteiger partial charge >= 0.3 is 0 Å². The molecule has 0 spiro atoms. The lowest BCUT2D eigenvalue weighted by atomic mass is 10.3. The van der Waals surface area contributed by atoms with Gasteiger partial charge in [0.25, 0.3) is 0 Å². The van der Waals surface area contributed by atoms with Gasteiger partial charge in [0.05, 0.1) is 5.76 Å². The third kappa shape index (κ3) is 6.38. The topological polar surface area (TPSA) is 57.5 Å². The minimum Gasteiger partial charge on any atom is -0.512 e. The molecular formula is C9H15O3P. The molecule has 0 amide bonds. The van der Waals surface area contributed by atoms with Crippen LogP contribution in [0.4, 0.5) is 0 Å². The third-order valence-electron chi connectivity index (χ3n) is 1.38. The molecule has 0 saturated heterocycles. The van der Waals surface area contributed by atoms with Gasteiger partial charge in [-0.3, -0.25) is 4.57 Å². The highest BCUT2D eigenvalue weighted by Crippen LogP contribution is 2.40. The first-order valence-corrected chi connectivity index (χ1v) is 5.95. The standard InChI is InChI=1S/C9H15O3P/c1-3-5-9(10)6-8-13(11,12)7-4-2/h3-4,6,10H,1-2,5,7-8H2,(H,11,12). The number of allylic oxidation sites excluding steroid dienone is 3. The summed E-state index contributed by atoms with van der Waals surface area (Å²) in [6.45, 7) is 6.81. The van der Waals surface area contributed by atoms with Gasteiger partial charge in [0.1, 0.15) is 0 Å². The summed E-state index contributed by atoms with van der Waals surface area (Å²) in [6, 6.07) is 0. The first-order chi connectivity index (χ1) is 6.02. The van der Waals surface area contributed by atoms with Crippen LogP contribution in [0.25, 0.3) is 0 Å². The summed E-state index contributed by atoms with van der Waals surface area (Å²) in [5.74, 6) is 0.0772. The number of aliphatic hydroxyl groups excluding tert-OH is 1. The van der Waals surface area contributed by atoms with Crippen LogP contribution in [0.15, 0.2) is 37.1 Å². The molecule has 0 radical (unpaired) electrons. The van der Waals surface area contributed by atoms with Gasteiger partial charge in [-0.2, -0.15) is 0 Å². The van der Waals surface area contributed by atoms with E-state index in [1.54, 1.807) is 0 Å². The van der Waals surface area contributed by atoms with E-state index >= 15 is 0 Å². The number of hydrogen-bond donors (Lipinski definition) is 2. The molecule has 0 saturated carbocycles. The van der Waals surface area contributed by atoms with Crippen molar-refractivity contribution in [2.45, 2.75) is 6.42 Å². The summed E-state index contributed by atoms with van der Waals surface area (Å²) in [5, 5.41) is 9.11. The number of hydrogen-bond acceptors (Lipinski definition) is 2. The summed E-state index contributed by atoms with van der Waals surface area (Å²) in [5.41, 5.74) is 0. The maximum Gasteiger partial charge on any atom is 0.208 e. The Hall–Kier alpha value is -0.790. The van der Waals surface area contributed by atoms with Crippen LogP contribution in [0.2, 0.25) is 0 Å². The molecule has 0 rings (SSSR count). The van der Waals surface area contributed by atoms with Crippen molar-refractivity contribution in [3.05, 3.63) is 37.1 Å². The van der Waals surface area contributed by atoms with Crippen LogP contribution in [0.3, 0.4) is 0 Å². The average Bonchev–Trinajstić information content (AvgIpc) is 2.02. The van der Waals surface area contributed by atoms with Crippen molar-refractivity contribution < 1.29 is 14.6 Å². The second kappa shape index (κ2) is 5.79. The highest BCUT2D eigenvalue weighted by Gasteiger charge is 2.13. The van der Waals surface area contributed by atoms with Gasteiger partial charge < -0.3 is 10.00 Å². The van der Waals surface area contributed by atoms with Crippen LogP contribution in [0.1, 0.15) is 6.42 Å². The fourth-order valence-corrected chi connectivity index (χ4v) is 1.80. The van der Waals surface area contributed by atoms with E-state index in [0.29, 0.717) is 6.42 Å². The van der Waals surface area contributed by atoms with E-state index in [1.165, 1.54) is 18.2 Å². The predicted molar refractivity (Wildman–Crippen MR) is 55.3 cm³/mol. The van der Waals surface area contributed by atoms with Gasteiger partial charge in [0.15, 0.2) is 0 Å². The maximum absolute atomic E-state index is 11.2. The van der Waals surface area contributed by atoms with Gasteiger partial charge in [-0.1, -0.05) is 12.2 Å². The van der Waals surface area contributed by atoms with Crippen molar-refractivity contribution in [3.63, 3.8) is 0 Å². The van der Waals surface area contributed by atoms with Crippen molar-refractivity contribution >= 4 is 7.37 Å². The van der Waals surface area contributed by atoms with Crippen LogP contribution in [-0.2, 0) is 4.57 Å². The van der Waals surface area contributed by atoms with Crippen molar-refractivity contribution in [3.8, 4) is 0 Å². The van der Waals surface area contributed by atoms with Crippen LogP contribution in [-0.4, -0.2) is 22.3 Å². The minimum atomic E-state index is -3.16. The van der Waals surface area contributed by atoms with Crippen LogP contribution in [0, 0.1) is 0 Å². The Morgan fingerprint density at radius 1 is 1.31 bits per heavy atom. The first kappa shape index (κ1) is 12.2. The summed E-state index contributed by atoms with van der Waals surface area (Å²) < 4.78 is 11.2. The van der Waals surface area contributed by atoms with Gasteiger partial charge in [0, 0.05) is 18.7 Å². The first-order valence-electron chi connectivity index (χ1n) is 3.92. The highest BCUT2D eigenvalue weighted by atomic mass is 31.2. The molecule has 1 unspecified atom stereocenters. The van der Waals surface area contributed by atoms with Crippen molar-refractivity contribution in [1.82, 2.24) is 0 Å². The highest BCUT2D eigenvalue weighted by molar-refractivity contribution is 7.58. The smallest absolute Gasteiger partial charge is 0.208 e. The van der Waals surface area contributed by atoms with E-state index in [-0.39, 0.29) is 18.1 Å². The van der Waals surface area contributed by atoms with E-state index in [9.17, 15) is 9.46 Å². The summed E-state index contributed by atoms with van der Waals surface area (Å²) in [7, 11) is -3.16. The zero-order chi connectivity index (χ0) is 10.3. The molecule has 0 aliphatic heterocycles. The van der Waals surface area contributed by atoms with Gasteiger partial charge in [-0.15, -0.1) is 13.2 Å². The Bertz CT molecular complexity index is 256. The Balaban J connectivity index is 4.12. The molecule has 0 fully saturated rings. The summed E-state index contributed by atoms with van der Waals surface area (Å²) in [4.78, 5) is 9.23. The van der Waals surface area contributed by atoms with Crippen LogP contribution in [0.5, 0.6) is 0 Å². The van der Waals surface area contributed by atoms with Gasteiger partial charge in [-0.05, 0) is 6.08 Å². The number of aliphatic hydroxyl groups is 1. The normalized spacial score (nSPS) is 16.2. The zero-order valence-corrected chi connectivity index (χ0v) is 8.41. The van der Waals surface area contributed by atoms with E-state index in [2.05, 4.69) is 13.2 Å². The molecule has 0 heterocycles. The molecule has 74 valence electrons. The largest absolute Gasteiger partial charge is 0.512 e. The Morgan fingerprint density at radius 2 is 1.92 bits per heavy atom. The predicted octanol–water partition coefficient (Wildman–Crippen LogP) is 2.46. The van der Waals surface area contributed by atoms with Gasteiger partial charge in [0.2, 0.25) is 7.37 Å². The molecule has 2 N–H and O–H groups in total. The molecule has 3 nitrogen and oxygen atoms in total. The molecule has 0 aromatic rings. The quantitative estimate of drug-likeness (QED) is 0.395. The molecular weight excluding hydrogens is 187 g/mol. The van der Waals surface area contributed by atoms with Crippen molar-refractivity contribution in [1.29, 1.82) is 0 Å². The van der Waals surface area contributed by atoms with E-state index < -0.39 is 7.37 Å². The van der Waals surface area contributed by atoms with E-state index in [4.69, 9.17) is 5.11 Å². The van der Waals surface area contributed by atoms with Crippen molar-refractivity contribution in [2.24, 2.45) is 0 Å². The maximum atomic E-state index is 11.2. The molecule has 0 aliphatic rings. The molecule has 13 heavy (non-hydrogen) atoms. The molecule has 0 aliphatic carbocycles. The second-order valence-electron chi connectivity index (χ2n) is 2.69. The molecule has 1 atom stereocenters. The zero-order valence-electron chi connectivity index (χ0n) is 7.52. The number of rotatable bonds is 6. The Labute approximate surface area is 78.6 Å². The second-order valence-corrected chi connectivity index (χ2v) is 5.11. The fourth-order valence-electron chi connectivity index (χ4n) is 0.755. The van der Waals surface area contributed by atoms with Gasteiger partial charge in [-0.25, -0.2) is 0 Å². The SMILES string of the molecule is C=CCC(O)=CCP(=O)(O)CC=C. The third-order valence-corrected chi connectivity index (χ3v) is 2.96. The van der Waals surface area contributed by atoms with E-state index in [1.807, 2.05) is 0 Å². The molecule has 0 aromatic heterocycles. The molecule has 0 aromatic carbocycles. The molecule has 4 heteroatoms. The monoisotopic (exact) mass is 202 g/mol. The van der Waals surface area contributed by atoms with Crippen molar-refractivity contribution in [2.75, 3.05) is 12.3 Å². The fraction of sp³-hybridized carbons (Fsp3) is 0.333. The summed E-state index contributed by atoms with van der Waals surface area (Å²) in [6.07, 6.45) is 4.67. The minimum absolute atomic E-state index is 0.0152. The molecule has 0 bridgehead atoms. The van der Waals surface area contributed by atoms with Crippen LogP contribution < -0.4 is 0 Å². The lowest BCUT2D eigenvalue weighted by molar-refractivity contribution is 0.399. The van der Waals surface area contributed by atoms with E-state index in [0.717, 1.165) is 0 Å². The lowest BCUT2D eigenvalue weighted by Gasteiger charge is -2.05. The Kier molecular flexibility index (Phi) is 5.44. The average molecular weight is 202 g/mol. The Morgan fingerprint density at radius 3 is 2.38 bits per heavy atom. The summed E-state index contributed by atoms with van der Waals surface area (Å²) >= 11 is 0.